The molecule has 1 aliphatic rings. The van der Waals surface area contributed by atoms with Gasteiger partial charge in [-0.05, 0) is 56.4 Å². The molecule has 5 rings (SSSR count). The number of anilines is 3. The lowest BCUT2D eigenvalue weighted by Gasteiger charge is -2.37. The quantitative estimate of drug-likeness (QED) is 0.316. The Morgan fingerprint density at radius 2 is 1.66 bits per heavy atom. The van der Waals surface area contributed by atoms with Crippen LogP contribution in [0.5, 0.6) is 0 Å². The SMILES string of the molecule is COC(=O)Nc1cc(Nc2cc3c(cn2)n(C)c(=O)n3C2CCC(C)(NC(=O)OC)CC2)cc(-c2cnn(C)c2)c1. The molecule has 0 saturated heterocycles. The monoisotopic (exact) mass is 562 g/mol. The third-order valence-corrected chi connectivity index (χ3v) is 7.66. The number of nitrogens with one attached hydrogen (secondary N) is 3. The lowest BCUT2D eigenvalue weighted by Crippen LogP contribution is -2.48. The molecule has 3 N–H and O–H groups in total. The number of hydrogen-bond donors (Lipinski definition) is 3. The van der Waals surface area contributed by atoms with Crippen LogP contribution in [-0.4, -0.2) is 55.8 Å². The van der Waals surface area contributed by atoms with Crippen molar-refractivity contribution in [3.8, 4) is 11.1 Å². The zero-order valence-electron chi connectivity index (χ0n) is 23.7. The normalized spacial score (nSPS) is 18.6. The summed E-state index contributed by atoms with van der Waals surface area (Å²) in [5.74, 6) is 0.539. The molecule has 41 heavy (non-hydrogen) atoms. The van der Waals surface area contributed by atoms with Gasteiger partial charge in [0, 0.05) is 54.9 Å². The number of rotatable bonds is 6. The van der Waals surface area contributed by atoms with E-state index < -0.39 is 12.2 Å². The number of benzene rings is 1. The lowest BCUT2D eigenvalue weighted by molar-refractivity contribution is 0.141. The zero-order valence-corrected chi connectivity index (χ0v) is 23.7. The predicted octanol–water partition coefficient (Wildman–Crippen LogP) is 4.29. The average molecular weight is 563 g/mol. The Morgan fingerprint density at radius 3 is 2.32 bits per heavy atom. The largest absolute Gasteiger partial charge is 0.453 e. The number of methoxy groups -OCH3 is 2. The Balaban J connectivity index is 1.46. The van der Waals surface area contributed by atoms with E-state index in [4.69, 9.17) is 9.47 Å². The van der Waals surface area contributed by atoms with Gasteiger partial charge in [-0.2, -0.15) is 5.10 Å². The fourth-order valence-electron chi connectivity index (χ4n) is 5.42. The Labute approximate surface area is 236 Å². The highest BCUT2D eigenvalue weighted by molar-refractivity contribution is 5.88. The third kappa shape index (κ3) is 5.74. The molecule has 1 aliphatic carbocycles. The Hall–Kier alpha value is -4.81. The number of aromatic nitrogens is 5. The van der Waals surface area contributed by atoms with Gasteiger partial charge in [-0.25, -0.2) is 19.4 Å². The van der Waals surface area contributed by atoms with Crippen LogP contribution >= 0.6 is 0 Å². The van der Waals surface area contributed by atoms with Crippen molar-refractivity contribution in [3.63, 3.8) is 0 Å². The van der Waals surface area contributed by atoms with Crippen LogP contribution in [0.4, 0.5) is 26.8 Å². The number of hydrogen-bond acceptors (Lipinski definition) is 8. The van der Waals surface area contributed by atoms with Crippen molar-refractivity contribution in [2.75, 3.05) is 24.9 Å². The second-order valence-electron chi connectivity index (χ2n) is 10.6. The summed E-state index contributed by atoms with van der Waals surface area (Å²) in [6, 6.07) is 7.37. The number of amides is 2. The molecule has 4 aromatic rings. The number of fused-ring (bicyclic) bond motifs is 1. The first kappa shape index (κ1) is 27.7. The van der Waals surface area contributed by atoms with Crippen molar-refractivity contribution in [1.82, 2.24) is 29.2 Å². The van der Waals surface area contributed by atoms with Crippen LogP contribution in [0.25, 0.3) is 22.2 Å². The number of pyridine rings is 1. The van der Waals surface area contributed by atoms with Crippen molar-refractivity contribution in [3.05, 3.63) is 53.3 Å². The topological polar surface area (TPSA) is 146 Å². The van der Waals surface area contributed by atoms with E-state index in [1.165, 1.54) is 14.2 Å². The van der Waals surface area contributed by atoms with Gasteiger partial charge in [0.2, 0.25) is 0 Å². The molecule has 0 aliphatic heterocycles. The van der Waals surface area contributed by atoms with Crippen LogP contribution in [0.15, 0.2) is 47.7 Å². The lowest BCUT2D eigenvalue weighted by atomic mass is 9.80. The van der Waals surface area contributed by atoms with Crippen molar-refractivity contribution in [1.29, 1.82) is 0 Å². The van der Waals surface area contributed by atoms with Gasteiger partial charge in [0.1, 0.15) is 5.82 Å². The van der Waals surface area contributed by atoms with E-state index in [2.05, 4.69) is 26.0 Å². The molecule has 0 atom stereocenters. The molecule has 0 unspecified atom stereocenters. The van der Waals surface area contributed by atoms with Gasteiger partial charge in [0.25, 0.3) is 0 Å². The van der Waals surface area contributed by atoms with Crippen molar-refractivity contribution < 1.29 is 19.1 Å². The maximum Gasteiger partial charge on any atom is 0.411 e. The van der Waals surface area contributed by atoms with E-state index >= 15 is 0 Å². The number of imidazole rings is 1. The van der Waals surface area contributed by atoms with Crippen LogP contribution in [0, 0.1) is 0 Å². The summed E-state index contributed by atoms with van der Waals surface area (Å²) in [4.78, 5) is 41.7. The molecule has 1 saturated carbocycles. The fraction of sp³-hybridized carbons (Fsp3) is 0.393. The maximum absolute atomic E-state index is 13.3. The number of ether oxygens (including phenoxy) is 2. The molecule has 0 spiro atoms. The molecule has 0 bridgehead atoms. The summed E-state index contributed by atoms with van der Waals surface area (Å²) in [5, 5.41) is 13.2. The standard InChI is InChI=1S/C28H34N8O5/c1-28(33-26(38)41-5)8-6-21(7-9-28)36-22-13-24(29-15-23(22)35(3)27(36)39)31-19-10-17(18-14-30-34(2)16-18)11-20(12-19)32-25(37)40-4/h10-16,21H,6-9H2,1-5H3,(H,29,31)(H,32,37)(H,33,38). The van der Waals surface area contributed by atoms with Gasteiger partial charge in [0.05, 0.1) is 37.6 Å². The van der Waals surface area contributed by atoms with E-state index in [0.29, 0.717) is 30.0 Å². The summed E-state index contributed by atoms with van der Waals surface area (Å²) in [6.45, 7) is 2.00. The van der Waals surface area contributed by atoms with Gasteiger partial charge in [0.15, 0.2) is 0 Å². The zero-order chi connectivity index (χ0) is 29.3. The minimum absolute atomic E-state index is 0.0289. The fourth-order valence-corrected chi connectivity index (χ4v) is 5.42. The number of carbonyl (C=O) groups excluding carboxylic acids is 2. The maximum atomic E-state index is 13.3. The van der Waals surface area contributed by atoms with Crippen LogP contribution in [0.3, 0.4) is 0 Å². The number of carbonyl (C=O) groups is 2. The van der Waals surface area contributed by atoms with Gasteiger partial charge in [-0.1, -0.05) is 0 Å². The summed E-state index contributed by atoms with van der Waals surface area (Å²) in [5.41, 5.74) is 3.90. The van der Waals surface area contributed by atoms with Crippen molar-refractivity contribution >= 4 is 40.4 Å². The van der Waals surface area contributed by atoms with Gasteiger partial charge >= 0.3 is 17.9 Å². The van der Waals surface area contributed by atoms with Crippen molar-refractivity contribution in [2.45, 2.75) is 44.2 Å². The molecule has 2 amide bonds. The summed E-state index contributed by atoms with van der Waals surface area (Å²) >= 11 is 0. The molecular formula is C28H34N8O5. The third-order valence-electron chi connectivity index (χ3n) is 7.66. The minimum atomic E-state index is -0.586. The molecule has 0 radical (unpaired) electrons. The van der Waals surface area contributed by atoms with Crippen LogP contribution in [0.2, 0.25) is 0 Å². The van der Waals surface area contributed by atoms with Crippen LogP contribution < -0.4 is 21.6 Å². The molecular weight excluding hydrogens is 528 g/mol. The van der Waals surface area contributed by atoms with Gasteiger partial charge in [-0.3, -0.25) is 19.1 Å². The van der Waals surface area contributed by atoms with Crippen LogP contribution in [0.1, 0.15) is 38.6 Å². The van der Waals surface area contributed by atoms with E-state index in [1.54, 1.807) is 34.8 Å². The Kier molecular flexibility index (Phi) is 7.43. The highest BCUT2D eigenvalue weighted by Crippen LogP contribution is 2.36. The molecule has 216 valence electrons. The predicted molar refractivity (Wildman–Crippen MR) is 154 cm³/mol. The summed E-state index contributed by atoms with van der Waals surface area (Å²) in [7, 11) is 6.23. The average Bonchev–Trinajstić information content (AvgIpc) is 3.49. The second-order valence-corrected chi connectivity index (χ2v) is 10.6. The number of alkyl carbamates (subject to hydrolysis) is 1. The van der Waals surface area contributed by atoms with E-state index in [1.807, 2.05) is 42.9 Å². The number of nitrogens with zero attached hydrogens (tertiary/aromatic N) is 5. The first-order valence-corrected chi connectivity index (χ1v) is 13.3. The van der Waals surface area contributed by atoms with Crippen LogP contribution in [-0.2, 0) is 23.6 Å². The molecule has 13 nitrogen and oxygen atoms in total. The number of aryl methyl sites for hydroxylation is 2. The summed E-state index contributed by atoms with van der Waals surface area (Å²) in [6.07, 6.45) is 7.13. The smallest absolute Gasteiger partial charge is 0.411 e. The summed E-state index contributed by atoms with van der Waals surface area (Å²) < 4.78 is 14.7. The highest BCUT2D eigenvalue weighted by Gasteiger charge is 2.34. The molecule has 1 fully saturated rings. The second kappa shape index (κ2) is 11.0. The first-order valence-electron chi connectivity index (χ1n) is 13.3. The highest BCUT2D eigenvalue weighted by atomic mass is 16.5. The molecule has 3 aromatic heterocycles. The van der Waals surface area contributed by atoms with E-state index in [-0.39, 0.29) is 17.3 Å². The van der Waals surface area contributed by atoms with Gasteiger partial charge < -0.3 is 20.1 Å². The molecule has 1 aromatic carbocycles. The molecule has 3 heterocycles. The molecule has 13 heteroatoms. The van der Waals surface area contributed by atoms with E-state index in [0.717, 1.165) is 35.0 Å². The van der Waals surface area contributed by atoms with Gasteiger partial charge in [-0.15, -0.1) is 0 Å². The van der Waals surface area contributed by atoms with E-state index in [9.17, 15) is 14.4 Å². The minimum Gasteiger partial charge on any atom is -0.453 e. The van der Waals surface area contributed by atoms with Crippen molar-refractivity contribution in [2.24, 2.45) is 14.1 Å². The Morgan fingerprint density at radius 1 is 0.951 bits per heavy atom. The first-order chi connectivity index (χ1) is 19.6. The Bertz CT molecular complexity index is 1660.